The van der Waals surface area contributed by atoms with Crippen molar-refractivity contribution in [3.05, 3.63) is 76.1 Å². The molecule has 0 radical (unpaired) electrons. The summed E-state index contributed by atoms with van der Waals surface area (Å²) in [7, 11) is -4.04. The summed E-state index contributed by atoms with van der Waals surface area (Å²) in [4.78, 5) is 31.0. The van der Waals surface area contributed by atoms with E-state index < -0.39 is 62.2 Å². The number of carbonyl (C=O) groups is 1. The van der Waals surface area contributed by atoms with Crippen molar-refractivity contribution in [3.63, 3.8) is 0 Å². The fourth-order valence-corrected chi connectivity index (χ4v) is 5.90. The Kier molecular flexibility index (Phi) is 6.35. The zero-order chi connectivity index (χ0) is 29.0. The first-order valence-electron chi connectivity index (χ1n) is 11.3. The van der Waals surface area contributed by atoms with Crippen LogP contribution >= 0.6 is 0 Å². The van der Waals surface area contributed by atoms with Gasteiger partial charge in [-0.05, 0) is 30.7 Å². The summed E-state index contributed by atoms with van der Waals surface area (Å²) < 4.78 is 109. The average molecular weight is 586 g/mol. The number of H-pyrrole nitrogens is 1. The number of nitrogens with zero attached hydrogens (tertiary/aromatic N) is 4. The van der Waals surface area contributed by atoms with E-state index in [0.29, 0.717) is 27.4 Å². The lowest BCUT2D eigenvalue weighted by Crippen LogP contribution is -2.29. The van der Waals surface area contributed by atoms with E-state index in [9.17, 15) is 44.3 Å². The van der Waals surface area contributed by atoms with Crippen LogP contribution in [-0.4, -0.2) is 46.4 Å². The number of aromatic amines is 1. The molecule has 0 saturated carbocycles. The van der Waals surface area contributed by atoms with Crippen molar-refractivity contribution in [2.24, 2.45) is 0 Å². The highest BCUT2D eigenvalue weighted by Crippen LogP contribution is 2.39. The van der Waals surface area contributed by atoms with Gasteiger partial charge in [0.1, 0.15) is 5.56 Å². The molecule has 4 heterocycles. The van der Waals surface area contributed by atoms with Crippen LogP contribution in [0.1, 0.15) is 28.0 Å². The largest absolute Gasteiger partial charge is 0.434 e. The highest BCUT2D eigenvalue weighted by Gasteiger charge is 2.42. The molecule has 0 bridgehead atoms. The van der Waals surface area contributed by atoms with Crippen LogP contribution in [0.2, 0.25) is 0 Å². The first-order chi connectivity index (χ1) is 18.7. The number of hydrogen-bond acceptors (Lipinski definition) is 6. The Morgan fingerprint density at radius 1 is 1.02 bits per heavy atom. The minimum Gasteiger partial charge on any atom is -0.329 e. The molecule has 1 fully saturated rings. The second kappa shape index (κ2) is 9.35. The molecule has 210 valence electrons. The lowest BCUT2D eigenvalue weighted by molar-refractivity contribution is -0.143. The molecule has 0 aliphatic carbocycles. The van der Waals surface area contributed by atoms with Crippen molar-refractivity contribution >= 4 is 38.2 Å². The lowest BCUT2D eigenvalue weighted by Gasteiger charge is -2.21. The molecule has 0 unspecified atom stereocenters. The topological polar surface area (TPSA) is 130 Å². The quantitative estimate of drug-likeness (QED) is 0.349. The van der Waals surface area contributed by atoms with Gasteiger partial charge >= 0.3 is 12.4 Å². The fraction of sp³-hybridized carbons (Fsp3) is 0.217. The zero-order valence-electron chi connectivity index (χ0n) is 19.8. The summed E-state index contributed by atoms with van der Waals surface area (Å²) in [5.41, 5.74) is -5.43. The normalized spacial score (nSPS) is 15.5. The fourth-order valence-electron chi connectivity index (χ4n) is 4.37. The maximum Gasteiger partial charge on any atom is 0.434 e. The van der Waals surface area contributed by atoms with Gasteiger partial charge < -0.3 is 10.3 Å². The van der Waals surface area contributed by atoms with E-state index in [0.717, 1.165) is 0 Å². The Labute approximate surface area is 220 Å². The molecule has 5 rings (SSSR count). The molecule has 3 aromatic heterocycles. The molecule has 10 nitrogen and oxygen atoms in total. The molecule has 40 heavy (non-hydrogen) atoms. The van der Waals surface area contributed by atoms with Crippen LogP contribution in [0, 0.1) is 0 Å². The minimum absolute atomic E-state index is 0.0560. The van der Waals surface area contributed by atoms with E-state index >= 15 is 0 Å². The summed E-state index contributed by atoms with van der Waals surface area (Å²) in [6.07, 6.45) is -7.65. The number of sulfonamides is 1. The minimum atomic E-state index is -5.16. The molecular formula is C23H16F6N6O4S. The number of anilines is 2. The molecule has 1 aliphatic heterocycles. The van der Waals surface area contributed by atoms with Crippen LogP contribution in [0.4, 0.5) is 37.8 Å². The number of carbonyl (C=O) groups excluding carboxylic acids is 1. The standard InChI is InChI=1S/C23H16F6N6O4S/c24-22(25,26)16-9-12(10-31-19(16)34-7-2-8-40(34,38)39)33-21(37)15-11-32-35(18(15)23(27,28)29)17-4-1-3-14-13(17)5-6-30-20(14)36/h1,3-6,9-11H,2,7-8H2,(H,30,36)(H,33,37). The Morgan fingerprint density at radius 3 is 2.42 bits per heavy atom. The Balaban J connectivity index is 1.56. The van der Waals surface area contributed by atoms with Gasteiger partial charge in [-0.15, -0.1) is 0 Å². The van der Waals surface area contributed by atoms with Gasteiger partial charge in [0.15, 0.2) is 11.5 Å². The first-order valence-corrected chi connectivity index (χ1v) is 12.9. The van der Waals surface area contributed by atoms with Crippen LogP contribution in [0.15, 0.2) is 53.7 Å². The lowest BCUT2D eigenvalue weighted by atomic mass is 10.1. The Morgan fingerprint density at radius 2 is 1.77 bits per heavy atom. The number of amides is 1. The van der Waals surface area contributed by atoms with Crippen LogP contribution in [0.5, 0.6) is 0 Å². The maximum atomic E-state index is 14.2. The van der Waals surface area contributed by atoms with Crippen molar-refractivity contribution in [1.82, 2.24) is 19.7 Å². The number of rotatable bonds is 4. The van der Waals surface area contributed by atoms with Crippen LogP contribution in [-0.2, 0) is 22.4 Å². The molecule has 1 aromatic carbocycles. The number of alkyl halides is 6. The molecular weight excluding hydrogens is 570 g/mol. The average Bonchev–Trinajstić information content (AvgIpc) is 3.47. The predicted octanol–water partition coefficient (Wildman–Crippen LogP) is 3.94. The number of fused-ring (bicyclic) bond motifs is 1. The summed E-state index contributed by atoms with van der Waals surface area (Å²) >= 11 is 0. The number of nitrogens with one attached hydrogen (secondary N) is 2. The van der Waals surface area contributed by atoms with Gasteiger partial charge in [-0.3, -0.25) is 13.9 Å². The zero-order valence-corrected chi connectivity index (χ0v) is 20.7. The summed E-state index contributed by atoms with van der Waals surface area (Å²) in [5.74, 6) is -2.73. The van der Waals surface area contributed by atoms with E-state index in [1.807, 2.05) is 5.32 Å². The van der Waals surface area contributed by atoms with Crippen molar-refractivity contribution in [2.75, 3.05) is 21.9 Å². The monoisotopic (exact) mass is 586 g/mol. The van der Waals surface area contributed by atoms with Gasteiger partial charge in [-0.2, -0.15) is 31.4 Å². The van der Waals surface area contributed by atoms with Gasteiger partial charge in [0, 0.05) is 23.5 Å². The smallest absolute Gasteiger partial charge is 0.329 e. The molecule has 0 spiro atoms. The Bertz CT molecular complexity index is 1810. The van der Waals surface area contributed by atoms with Crippen LogP contribution < -0.4 is 15.2 Å². The second-order valence-electron chi connectivity index (χ2n) is 8.65. The number of aromatic nitrogens is 4. The highest BCUT2D eigenvalue weighted by molar-refractivity contribution is 7.93. The molecule has 1 amide bonds. The van der Waals surface area contributed by atoms with E-state index in [1.165, 1.54) is 30.5 Å². The molecule has 2 N–H and O–H groups in total. The Hall–Kier alpha value is -4.41. The molecule has 1 saturated heterocycles. The van der Waals surface area contributed by atoms with Crippen LogP contribution in [0.3, 0.4) is 0 Å². The molecule has 4 aromatic rings. The number of halogens is 6. The molecule has 17 heteroatoms. The van der Waals surface area contributed by atoms with Gasteiger partial charge in [0.25, 0.3) is 11.5 Å². The van der Waals surface area contributed by atoms with Gasteiger partial charge in [-0.25, -0.2) is 18.1 Å². The van der Waals surface area contributed by atoms with Crippen molar-refractivity contribution in [3.8, 4) is 5.69 Å². The molecule has 0 atom stereocenters. The number of pyridine rings is 2. The maximum absolute atomic E-state index is 14.2. The highest BCUT2D eigenvalue weighted by atomic mass is 32.2. The SMILES string of the molecule is O=C(Nc1cnc(N2CCCS2(=O)=O)c(C(F)(F)F)c1)c1cnn(-c2cccc3c(=O)[nH]ccc23)c1C(F)(F)F. The summed E-state index contributed by atoms with van der Waals surface area (Å²) in [5, 5.41) is 5.80. The van der Waals surface area contributed by atoms with Gasteiger partial charge in [-0.1, -0.05) is 6.07 Å². The third-order valence-electron chi connectivity index (χ3n) is 6.07. The first kappa shape index (κ1) is 27.2. The number of benzene rings is 1. The van der Waals surface area contributed by atoms with Crippen LogP contribution in [0.25, 0.3) is 16.5 Å². The van der Waals surface area contributed by atoms with E-state index in [1.54, 1.807) is 0 Å². The summed E-state index contributed by atoms with van der Waals surface area (Å²) in [6, 6.07) is 5.68. The van der Waals surface area contributed by atoms with E-state index in [4.69, 9.17) is 0 Å². The predicted molar refractivity (Wildman–Crippen MR) is 130 cm³/mol. The third-order valence-corrected chi connectivity index (χ3v) is 7.90. The van der Waals surface area contributed by atoms with Crippen molar-refractivity contribution in [1.29, 1.82) is 0 Å². The third kappa shape index (κ3) is 4.76. The van der Waals surface area contributed by atoms with Gasteiger partial charge in [0.05, 0.1) is 35.1 Å². The van der Waals surface area contributed by atoms with E-state index in [2.05, 4.69) is 15.1 Å². The van der Waals surface area contributed by atoms with Crippen molar-refractivity contribution < 1.29 is 39.6 Å². The van der Waals surface area contributed by atoms with Gasteiger partial charge in [0.2, 0.25) is 10.0 Å². The summed E-state index contributed by atoms with van der Waals surface area (Å²) in [6.45, 7) is -0.238. The second-order valence-corrected chi connectivity index (χ2v) is 10.7. The van der Waals surface area contributed by atoms with E-state index in [-0.39, 0.29) is 35.2 Å². The number of hydrogen-bond donors (Lipinski definition) is 2. The molecule has 1 aliphatic rings. The van der Waals surface area contributed by atoms with Crippen molar-refractivity contribution in [2.45, 2.75) is 18.8 Å².